The lowest BCUT2D eigenvalue weighted by Gasteiger charge is -2.27. The summed E-state index contributed by atoms with van der Waals surface area (Å²) < 4.78 is 11.2. The Kier molecular flexibility index (Phi) is 3.89. The monoisotopic (exact) mass is 235 g/mol. The predicted octanol–water partition coefficient (Wildman–Crippen LogP) is 2.17. The standard InChI is InChI=1S/C14H21NO2/c1-4-17-14-8-7-13(16-3)12-9-10(15-2)5-6-11(12)14/h7-8,10,15H,4-6,9H2,1-3H3. The quantitative estimate of drug-likeness (QED) is 0.867. The Morgan fingerprint density at radius 3 is 2.71 bits per heavy atom. The van der Waals surface area contributed by atoms with Gasteiger partial charge >= 0.3 is 0 Å². The van der Waals surface area contributed by atoms with E-state index in [0.717, 1.165) is 30.8 Å². The van der Waals surface area contributed by atoms with Gasteiger partial charge in [-0.15, -0.1) is 0 Å². The highest BCUT2D eigenvalue weighted by atomic mass is 16.5. The predicted molar refractivity (Wildman–Crippen MR) is 69.0 cm³/mol. The first-order valence-corrected chi connectivity index (χ1v) is 6.29. The maximum atomic E-state index is 5.70. The van der Waals surface area contributed by atoms with Gasteiger partial charge in [-0.05, 0) is 45.4 Å². The molecule has 0 aliphatic heterocycles. The molecule has 0 heterocycles. The molecule has 0 saturated heterocycles. The van der Waals surface area contributed by atoms with Crippen molar-refractivity contribution >= 4 is 0 Å². The van der Waals surface area contributed by atoms with E-state index in [9.17, 15) is 0 Å². The second-order valence-electron chi connectivity index (χ2n) is 4.38. The highest BCUT2D eigenvalue weighted by molar-refractivity contribution is 5.50. The largest absolute Gasteiger partial charge is 0.496 e. The highest BCUT2D eigenvalue weighted by Gasteiger charge is 2.23. The molecule has 0 saturated carbocycles. The normalized spacial score (nSPS) is 18.6. The zero-order chi connectivity index (χ0) is 12.3. The summed E-state index contributed by atoms with van der Waals surface area (Å²) in [4.78, 5) is 0. The van der Waals surface area contributed by atoms with Crippen LogP contribution in [-0.4, -0.2) is 26.8 Å². The smallest absolute Gasteiger partial charge is 0.123 e. The lowest BCUT2D eigenvalue weighted by molar-refractivity contribution is 0.329. The van der Waals surface area contributed by atoms with Crippen molar-refractivity contribution in [2.75, 3.05) is 20.8 Å². The lowest BCUT2D eigenvalue weighted by Crippen LogP contribution is -2.32. The van der Waals surface area contributed by atoms with Crippen LogP contribution in [0.1, 0.15) is 24.5 Å². The van der Waals surface area contributed by atoms with Gasteiger partial charge in [0.25, 0.3) is 0 Å². The van der Waals surface area contributed by atoms with E-state index in [0.29, 0.717) is 12.6 Å². The fourth-order valence-electron chi connectivity index (χ4n) is 2.54. The van der Waals surface area contributed by atoms with Crippen molar-refractivity contribution in [1.29, 1.82) is 0 Å². The van der Waals surface area contributed by atoms with Crippen LogP contribution in [0.5, 0.6) is 11.5 Å². The van der Waals surface area contributed by atoms with Gasteiger partial charge in [0, 0.05) is 17.2 Å². The van der Waals surface area contributed by atoms with Gasteiger partial charge in [0.2, 0.25) is 0 Å². The minimum atomic E-state index is 0.549. The zero-order valence-electron chi connectivity index (χ0n) is 10.9. The van der Waals surface area contributed by atoms with Gasteiger partial charge in [-0.25, -0.2) is 0 Å². The molecule has 0 amide bonds. The van der Waals surface area contributed by atoms with E-state index in [2.05, 4.69) is 5.32 Å². The molecule has 1 N–H and O–H groups in total. The molecular weight excluding hydrogens is 214 g/mol. The number of fused-ring (bicyclic) bond motifs is 1. The molecule has 0 radical (unpaired) electrons. The van der Waals surface area contributed by atoms with E-state index < -0.39 is 0 Å². The van der Waals surface area contributed by atoms with Crippen molar-refractivity contribution in [1.82, 2.24) is 5.32 Å². The molecule has 0 fully saturated rings. The zero-order valence-corrected chi connectivity index (χ0v) is 10.9. The van der Waals surface area contributed by atoms with Gasteiger partial charge in [0.15, 0.2) is 0 Å². The summed E-state index contributed by atoms with van der Waals surface area (Å²) in [5, 5.41) is 3.35. The summed E-state index contributed by atoms with van der Waals surface area (Å²) >= 11 is 0. The van der Waals surface area contributed by atoms with E-state index in [1.54, 1.807) is 7.11 Å². The fourth-order valence-corrected chi connectivity index (χ4v) is 2.54. The Morgan fingerprint density at radius 1 is 1.29 bits per heavy atom. The molecule has 3 nitrogen and oxygen atoms in total. The first-order valence-electron chi connectivity index (χ1n) is 6.29. The van der Waals surface area contributed by atoms with Crippen LogP contribution in [0.3, 0.4) is 0 Å². The third kappa shape index (κ3) is 2.39. The summed E-state index contributed by atoms with van der Waals surface area (Å²) in [6.45, 7) is 2.74. The number of hydrogen-bond acceptors (Lipinski definition) is 3. The Labute approximate surface area is 103 Å². The molecule has 1 unspecified atom stereocenters. The molecule has 0 aromatic heterocycles. The average molecular weight is 235 g/mol. The summed E-state index contributed by atoms with van der Waals surface area (Å²) in [6.07, 6.45) is 3.25. The molecule has 1 aromatic carbocycles. The molecule has 1 aliphatic carbocycles. The van der Waals surface area contributed by atoms with Crippen molar-refractivity contribution in [3.05, 3.63) is 23.3 Å². The van der Waals surface area contributed by atoms with Crippen LogP contribution in [0, 0.1) is 0 Å². The number of rotatable bonds is 4. The van der Waals surface area contributed by atoms with Crippen molar-refractivity contribution < 1.29 is 9.47 Å². The van der Waals surface area contributed by atoms with Crippen LogP contribution < -0.4 is 14.8 Å². The molecule has 0 bridgehead atoms. The minimum Gasteiger partial charge on any atom is -0.496 e. The third-order valence-electron chi connectivity index (χ3n) is 3.47. The molecule has 1 aliphatic rings. The van der Waals surface area contributed by atoms with Crippen LogP contribution in [0.25, 0.3) is 0 Å². The van der Waals surface area contributed by atoms with Crippen LogP contribution in [0.2, 0.25) is 0 Å². The second kappa shape index (κ2) is 5.41. The first-order chi connectivity index (χ1) is 8.30. The molecule has 1 aromatic rings. The lowest BCUT2D eigenvalue weighted by atomic mass is 9.87. The van der Waals surface area contributed by atoms with E-state index in [1.807, 2.05) is 26.1 Å². The van der Waals surface area contributed by atoms with Crippen LogP contribution in [-0.2, 0) is 12.8 Å². The van der Waals surface area contributed by atoms with Gasteiger partial charge in [-0.2, -0.15) is 0 Å². The number of ether oxygens (including phenoxy) is 2. The summed E-state index contributed by atoms with van der Waals surface area (Å²) in [5.41, 5.74) is 2.64. The highest BCUT2D eigenvalue weighted by Crippen LogP contribution is 2.36. The van der Waals surface area contributed by atoms with Gasteiger partial charge in [0.05, 0.1) is 13.7 Å². The van der Waals surface area contributed by atoms with Crippen LogP contribution in [0.4, 0.5) is 0 Å². The van der Waals surface area contributed by atoms with Crippen molar-refractivity contribution in [2.24, 2.45) is 0 Å². The van der Waals surface area contributed by atoms with Crippen molar-refractivity contribution in [2.45, 2.75) is 32.2 Å². The van der Waals surface area contributed by atoms with E-state index in [4.69, 9.17) is 9.47 Å². The Hall–Kier alpha value is -1.22. The van der Waals surface area contributed by atoms with Crippen LogP contribution >= 0.6 is 0 Å². The van der Waals surface area contributed by atoms with E-state index >= 15 is 0 Å². The van der Waals surface area contributed by atoms with Gasteiger partial charge in [-0.3, -0.25) is 0 Å². The Bertz CT molecular complexity index is 390. The molecular formula is C14H21NO2. The third-order valence-corrected chi connectivity index (χ3v) is 3.47. The molecule has 1 atom stereocenters. The summed E-state index contributed by atoms with van der Waals surface area (Å²) in [5.74, 6) is 2.02. The molecule has 17 heavy (non-hydrogen) atoms. The van der Waals surface area contributed by atoms with Crippen LogP contribution in [0.15, 0.2) is 12.1 Å². The van der Waals surface area contributed by atoms with Crippen molar-refractivity contribution in [3.8, 4) is 11.5 Å². The maximum Gasteiger partial charge on any atom is 0.123 e. The number of nitrogens with one attached hydrogen (secondary N) is 1. The molecule has 0 spiro atoms. The number of likely N-dealkylation sites (N-methyl/N-ethyl adjacent to an activating group) is 1. The number of methoxy groups -OCH3 is 1. The summed E-state index contributed by atoms with van der Waals surface area (Å²) in [6, 6.07) is 4.59. The molecule has 94 valence electrons. The average Bonchev–Trinajstić information content (AvgIpc) is 2.38. The van der Waals surface area contributed by atoms with Gasteiger partial charge < -0.3 is 14.8 Å². The topological polar surface area (TPSA) is 30.5 Å². The van der Waals surface area contributed by atoms with Crippen molar-refractivity contribution in [3.63, 3.8) is 0 Å². The number of benzene rings is 1. The second-order valence-corrected chi connectivity index (χ2v) is 4.38. The van der Waals surface area contributed by atoms with E-state index in [1.165, 1.54) is 11.1 Å². The Balaban J connectivity index is 2.38. The number of hydrogen-bond donors (Lipinski definition) is 1. The SMILES string of the molecule is CCOc1ccc(OC)c2c1CCC(NC)C2. The van der Waals surface area contributed by atoms with Gasteiger partial charge in [0.1, 0.15) is 11.5 Å². The fraction of sp³-hybridized carbons (Fsp3) is 0.571. The molecule has 2 rings (SSSR count). The van der Waals surface area contributed by atoms with Gasteiger partial charge in [-0.1, -0.05) is 0 Å². The first kappa shape index (κ1) is 12.2. The molecule has 3 heteroatoms. The summed E-state index contributed by atoms with van der Waals surface area (Å²) in [7, 11) is 3.76. The maximum absolute atomic E-state index is 5.70. The minimum absolute atomic E-state index is 0.549. The van der Waals surface area contributed by atoms with E-state index in [-0.39, 0.29) is 0 Å². The Morgan fingerprint density at radius 2 is 2.06 bits per heavy atom.